The molecule has 2 aromatic carbocycles. The molecule has 204 valence electrons. The Balaban J connectivity index is 1.41. The molecule has 2 aliphatic heterocycles. The van der Waals surface area contributed by atoms with Gasteiger partial charge in [-0.05, 0) is 60.9 Å². The number of nitrogens with one attached hydrogen (secondary N) is 3. The number of carbonyl (C=O) groups excluding carboxylic acids is 3. The highest BCUT2D eigenvalue weighted by Crippen LogP contribution is 2.44. The number of hydrogen-bond acceptors (Lipinski definition) is 7. The first-order valence-corrected chi connectivity index (χ1v) is 14.0. The summed E-state index contributed by atoms with van der Waals surface area (Å²) in [5.41, 5.74) is 4.16. The van der Waals surface area contributed by atoms with Crippen molar-refractivity contribution >= 4 is 40.9 Å². The smallest absolute Gasteiger partial charge is 0.338 e. The zero-order valence-electron chi connectivity index (χ0n) is 22.6. The van der Waals surface area contributed by atoms with Gasteiger partial charge in [0.1, 0.15) is 6.04 Å². The second-order valence-electron chi connectivity index (χ2n) is 11.4. The zero-order chi connectivity index (χ0) is 27.4. The van der Waals surface area contributed by atoms with Crippen molar-refractivity contribution in [2.24, 2.45) is 17.3 Å². The third-order valence-electron chi connectivity index (χ3n) is 6.72. The first kappa shape index (κ1) is 28.0. The van der Waals surface area contributed by atoms with Crippen LogP contribution in [0.4, 0.5) is 11.4 Å². The predicted molar refractivity (Wildman–Crippen MR) is 147 cm³/mol. The molecule has 2 heterocycles. The van der Waals surface area contributed by atoms with Gasteiger partial charge in [-0.1, -0.05) is 58.5 Å². The number of anilines is 2. The highest BCUT2D eigenvalue weighted by Gasteiger charge is 2.42. The molecule has 0 saturated carbocycles. The lowest BCUT2D eigenvalue weighted by atomic mass is 9.76. The second-order valence-corrected chi connectivity index (χ2v) is 12.5. The molecule has 2 aromatic rings. The van der Waals surface area contributed by atoms with Crippen molar-refractivity contribution in [3.05, 3.63) is 48.0 Å². The summed E-state index contributed by atoms with van der Waals surface area (Å²) >= 11 is 1.64. The fourth-order valence-corrected chi connectivity index (χ4v) is 5.86. The Morgan fingerprint density at radius 1 is 1.11 bits per heavy atom. The van der Waals surface area contributed by atoms with E-state index in [1.807, 2.05) is 65.0 Å². The van der Waals surface area contributed by atoms with Gasteiger partial charge in [0, 0.05) is 22.0 Å². The lowest BCUT2D eigenvalue weighted by Crippen LogP contribution is -2.49. The fourth-order valence-electron chi connectivity index (χ4n) is 4.89. The van der Waals surface area contributed by atoms with Crippen LogP contribution in [0.2, 0.25) is 0 Å². The molecule has 4 rings (SSSR count). The second kappa shape index (κ2) is 11.8. The lowest BCUT2D eigenvalue weighted by Gasteiger charge is -2.32. The van der Waals surface area contributed by atoms with Crippen LogP contribution in [-0.2, 0) is 19.2 Å². The summed E-state index contributed by atoms with van der Waals surface area (Å²) < 4.78 is 5.75. The minimum atomic E-state index is -0.870. The summed E-state index contributed by atoms with van der Waals surface area (Å²) in [6.45, 7) is 10.4. The molecule has 0 spiro atoms. The maximum atomic E-state index is 13.2. The summed E-state index contributed by atoms with van der Waals surface area (Å²) in [4.78, 5) is 46.6. The van der Waals surface area contributed by atoms with E-state index in [0.29, 0.717) is 18.6 Å². The Bertz CT molecular complexity index is 1190. The summed E-state index contributed by atoms with van der Waals surface area (Å²) in [5.74, 6) is -1.88. The number of para-hydroxylation sites is 1. The van der Waals surface area contributed by atoms with Gasteiger partial charge in [0.25, 0.3) is 11.8 Å². The predicted octanol–water partition coefficient (Wildman–Crippen LogP) is 5.46. The van der Waals surface area contributed by atoms with Crippen LogP contribution in [0.15, 0.2) is 52.3 Å². The van der Waals surface area contributed by atoms with Crippen LogP contribution in [-0.4, -0.2) is 36.5 Å². The maximum absolute atomic E-state index is 13.2. The largest absolute Gasteiger partial charge is 0.377 e. The minimum absolute atomic E-state index is 0.120. The molecule has 8 nitrogen and oxygen atoms in total. The van der Waals surface area contributed by atoms with Crippen LogP contribution in [0, 0.1) is 17.3 Å². The Hall–Kier alpha value is -3.04. The van der Waals surface area contributed by atoms with Crippen LogP contribution in [0.3, 0.4) is 0 Å². The van der Waals surface area contributed by atoms with Gasteiger partial charge in [0.2, 0.25) is 0 Å². The van der Waals surface area contributed by atoms with Crippen molar-refractivity contribution in [2.75, 3.05) is 11.9 Å². The topological polar surface area (TPSA) is 106 Å². The number of hydroxylamine groups is 1. The van der Waals surface area contributed by atoms with Gasteiger partial charge in [0.05, 0.1) is 23.4 Å². The highest BCUT2D eigenvalue weighted by molar-refractivity contribution is 7.99. The molecule has 0 bridgehead atoms. The molecule has 2 aliphatic rings. The maximum Gasteiger partial charge on any atom is 0.338 e. The number of rotatable bonds is 7. The van der Waals surface area contributed by atoms with Gasteiger partial charge >= 0.3 is 5.97 Å². The Morgan fingerprint density at radius 3 is 2.53 bits per heavy atom. The van der Waals surface area contributed by atoms with E-state index in [-0.39, 0.29) is 17.9 Å². The van der Waals surface area contributed by atoms with Crippen molar-refractivity contribution in [1.82, 2.24) is 10.8 Å². The molecule has 2 unspecified atom stereocenters. The molecule has 1 fully saturated rings. The molecule has 0 aromatic heterocycles. The molecule has 3 N–H and O–H groups in total. The number of carbonyl (C=O) groups is 3. The minimum Gasteiger partial charge on any atom is -0.377 e. The number of fused-ring (bicyclic) bond motifs is 2. The Labute approximate surface area is 228 Å². The Morgan fingerprint density at radius 2 is 1.84 bits per heavy atom. The molecule has 1 saturated heterocycles. The zero-order valence-corrected chi connectivity index (χ0v) is 23.4. The molecule has 0 aliphatic carbocycles. The summed E-state index contributed by atoms with van der Waals surface area (Å²) in [5, 5.41) is 6.20. The molecule has 2 amide bonds. The Kier molecular flexibility index (Phi) is 8.67. The summed E-state index contributed by atoms with van der Waals surface area (Å²) in [6, 6.07) is 12.5. The standard InChI is InChI=1S/C29H37N3O5S/c1-17(2)15-21(27(34)32-37-28(35)25(29(3,4)5)22-10-8-14-36-22)31-26(33)18-12-13-24-20(16-18)30-19-9-6-7-11-23(19)38-24/h6-7,9,11-13,16-17,21-22,25,30H,8,10,14-15H2,1-5H3,(H,31,33)(H,32,34)/t21-,22?,25?/m0/s1. The molecular formula is C29H37N3O5S. The number of hydrogen-bond donors (Lipinski definition) is 3. The third-order valence-corrected chi connectivity index (χ3v) is 7.87. The third kappa shape index (κ3) is 6.69. The molecular weight excluding hydrogens is 502 g/mol. The van der Waals surface area contributed by atoms with Crippen LogP contribution < -0.4 is 16.1 Å². The van der Waals surface area contributed by atoms with Crippen molar-refractivity contribution in [3.8, 4) is 0 Å². The van der Waals surface area contributed by atoms with Gasteiger partial charge in [-0.15, -0.1) is 0 Å². The lowest BCUT2D eigenvalue weighted by molar-refractivity contribution is -0.171. The monoisotopic (exact) mass is 539 g/mol. The molecule has 38 heavy (non-hydrogen) atoms. The van der Waals surface area contributed by atoms with Crippen LogP contribution in [0.5, 0.6) is 0 Å². The first-order chi connectivity index (χ1) is 18.0. The van der Waals surface area contributed by atoms with E-state index in [0.717, 1.165) is 34.0 Å². The number of benzene rings is 2. The van der Waals surface area contributed by atoms with Crippen LogP contribution in [0.25, 0.3) is 0 Å². The average Bonchev–Trinajstić information content (AvgIpc) is 3.38. The van der Waals surface area contributed by atoms with E-state index < -0.39 is 29.3 Å². The SMILES string of the molecule is CC(C)C[C@H](NC(=O)c1ccc2c(c1)Nc1ccccc1S2)C(=O)NOC(=O)C(C1CCCO1)C(C)(C)C. The van der Waals surface area contributed by atoms with Crippen molar-refractivity contribution in [1.29, 1.82) is 0 Å². The van der Waals surface area contributed by atoms with E-state index in [9.17, 15) is 14.4 Å². The number of amides is 2. The molecule has 0 radical (unpaired) electrons. The van der Waals surface area contributed by atoms with E-state index in [2.05, 4.69) is 16.1 Å². The van der Waals surface area contributed by atoms with Gasteiger partial charge in [-0.2, -0.15) is 5.48 Å². The molecule has 3 atom stereocenters. The van der Waals surface area contributed by atoms with Crippen molar-refractivity contribution < 1.29 is 24.0 Å². The van der Waals surface area contributed by atoms with Gasteiger partial charge in [-0.25, -0.2) is 4.79 Å². The van der Waals surface area contributed by atoms with Gasteiger partial charge < -0.3 is 20.2 Å². The first-order valence-electron chi connectivity index (χ1n) is 13.1. The van der Waals surface area contributed by atoms with E-state index in [1.165, 1.54) is 0 Å². The quantitative estimate of drug-likeness (QED) is 0.343. The number of ether oxygens (including phenoxy) is 1. The van der Waals surface area contributed by atoms with Crippen molar-refractivity contribution in [3.63, 3.8) is 0 Å². The van der Waals surface area contributed by atoms with Crippen LogP contribution >= 0.6 is 11.8 Å². The van der Waals surface area contributed by atoms with Gasteiger partial charge in [0.15, 0.2) is 0 Å². The normalized spacial score (nSPS) is 18.0. The summed E-state index contributed by atoms with van der Waals surface area (Å²) in [6.07, 6.45) is 1.81. The molecule has 9 heteroatoms. The van der Waals surface area contributed by atoms with E-state index in [4.69, 9.17) is 9.57 Å². The van der Waals surface area contributed by atoms with Crippen molar-refractivity contribution in [2.45, 2.75) is 75.8 Å². The summed E-state index contributed by atoms with van der Waals surface area (Å²) in [7, 11) is 0. The van der Waals surface area contributed by atoms with E-state index >= 15 is 0 Å². The van der Waals surface area contributed by atoms with Crippen LogP contribution in [0.1, 0.15) is 64.2 Å². The average molecular weight is 540 g/mol. The highest BCUT2D eigenvalue weighted by atomic mass is 32.2. The fraction of sp³-hybridized carbons (Fsp3) is 0.483. The van der Waals surface area contributed by atoms with Gasteiger partial charge in [-0.3, -0.25) is 9.59 Å². The van der Waals surface area contributed by atoms with E-state index in [1.54, 1.807) is 23.9 Å².